The Hall–Kier alpha value is -1.78. The number of pyridine rings is 1. The Bertz CT molecular complexity index is 863. The highest BCUT2D eigenvalue weighted by molar-refractivity contribution is 7.73. The second-order valence-corrected chi connectivity index (χ2v) is 6.66. The van der Waals surface area contributed by atoms with Crippen LogP contribution in [0.3, 0.4) is 0 Å². The summed E-state index contributed by atoms with van der Waals surface area (Å²) in [6, 6.07) is 1.85. The third-order valence-electron chi connectivity index (χ3n) is 3.56. The lowest BCUT2D eigenvalue weighted by Gasteiger charge is -2.16. The Morgan fingerprint density at radius 2 is 2.05 bits per heavy atom. The van der Waals surface area contributed by atoms with Crippen molar-refractivity contribution in [2.75, 3.05) is 0 Å². The molecule has 0 N–H and O–H groups in total. The van der Waals surface area contributed by atoms with E-state index in [0.29, 0.717) is 11.5 Å². The predicted octanol–water partition coefficient (Wildman–Crippen LogP) is 3.67. The smallest absolute Gasteiger partial charge is 0.209 e. The molecule has 0 bridgehead atoms. The van der Waals surface area contributed by atoms with Gasteiger partial charge in [-0.1, -0.05) is 11.3 Å². The molecule has 0 radical (unpaired) electrons. The average Bonchev–Trinajstić information content (AvgIpc) is 2.79. The minimum Gasteiger partial charge on any atom is -0.264 e. The van der Waals surface area contributed by atoms with E-state index in [2.05, 4.69) is 19.2 Å². The van der Waals surface area contributed by atoms with E-state index in [-0.39, 0.29) is 0 Å². The molecular formula is C14H15N5S2. The maximum atomic E-state index is 7.14. The molecule has 0 saturated carbocycles. The van der Waals surface area contributed by atoms with Gasteiger partial charge in [-0.2, -0.15) is 4.99 Å². The van der Waals surface area contributed by atoms with Crippen molar-refractivity contribution >= 4 is 35.1 Å². The molecule has 0 atom stereocenters. The van der Waals surface area contributed by atoms with Gasteiger partial charge in [0.05, 0.1) is 6.57 Å². The first-order chi connectivity index (χ1) is 10.1. The highest BCUT2D eigenvalue weighted by atomic mass is 32.1. The summed E-state index contributed by atoms with van der Waals surface area (Å²) in [7, 11) is 0. The van der Waals surface area contributed by atoms with Crippen LogP contribution >= 0.6 is 23.6 Å². The highest BCUT2D eigenvalue weighted by Crippen LogP contribution is 2.24. The summed E-state index contributed by atoms with van der Waals surface area (Å²) in [6.45, 7) is 12.8. The molecule has 1 aliphatic rings. The van der Waals surface area contributed by atoms with E-state index in [1.807, 2.05) is 19.9 Å². The lowest BCUT2D eigenvalue weighted by molar-refractivity contribution is 0.350. The van der Waals surface area contributed by atoms with E-state index in [9.17, 15) is 0 Å². The molecule has 0 spiro atoms. The molecule has 0 amide bonds. The van der Waals surface area contributed by atoms with Gasteiger partial charge in [-0.05, 0) is 50.5 Å². The van der Waals surface area contributed by atoms with Gasteiger partial charge in [0.1, 0.15) is 0 Å². The zero-order valence-corrected chi connectivity index (χ0v) is 13.6. The minimum atomic E-state index is 0.589. The largest absolute Gasteiger partial charge is 0.264 e. The second kappa shape index (κ2) is 5.54. The summed E-state index contributed by atoms with van der Waals surface area (Å²) in [5, 5.41) is 0. The summed E-state index contributed by atoms with van der Waals surface area (Å²) in [4.78, 5) is 13.5. The van der Waals surface area contributed by atoms with Crippen LogP contribution < -0.4 is 4.80 Å². The fraction of sp³-hybridized carbons (Fsp3) is 0.429. The molecule has 0 fully saturated rings. The van der Waals surface area contributed by atoms with Crippen LogP contribution in [0.5, 0.6) is 0 Å². The van der Waals surface area contributed by atoms with E-state index in [0.717, 1.165) is 39.5 Å². The fourth-order valence-electron chi connectivity index (χ4n) is 2.41. The van der Waals surface area contributed by atoms with Crippen molar-refractivity contribution in [1.82, 2.24) is 14.3 Å². The van der Waals surface area contributed by atoms with E-state index < -0.39 is 0 Å². The molecular weight excluding hydrogens is 302 g/mol. The van der Waals surface area contributed by atoms with Crippen molar-refractivity contribution in [3.63, 3.8) is 0 Å². The molecule has 0 aromatic carbocycles. The van der Waals surface area contributed by atoms with Crippen LogP contribution in [0.25, 0.3) is 4.85 Å². The normalized spacial score (nSPS) is 14.8. The third-order valence-corrected chi connectivity index (χ3v) is 4.89. The van der Waals surface area contributed by atoms with E-state index in [4.69, 9.17) is 23.8 Å². The number of aromatic nitrogens is 3. The van der Waals surface area contributed by atoms with Gasteiger partial charge >= 0.3 is 0 Å². The molecule has 108 valence electrons. The summed E-state index contributed by atoms with van der Waals surface area (Å²) in [5.41, 5.74) is 2.22. The average molecular weight is 317 g/mol. The topological polar surface area (TPSA) is 39.5 Å². The van der Waals surface area contributed by atoms with E-state index in [1.165, 1.54) is 17.8 Å². The molecule has 0 saturated heterocycles. The molecule has 5 nitrogen and oxygen atoms in total. The Morgan fingerprint density at radius 3 is 2.76 bits per heavy atom. The second-order valence-electron chi connectivity index (χ2n) is 5.06. The van der Waals surface area contributed by atoms with Crippen LogP contribution in [-0.4, -0.2) is 14.3 Å². The van der Waals surface area contributed by atoms with Gasteiger partial charge in [0.2, 0.25) is 10.5 Å². The van der Waals surface area contributed by atoms with Crippen LogP contribution in [0.15, 0.2) is 11.1 Å². The lowest BCUT2D eigenvalue weighted by Crippen LogP contribution is -2.27. The predicted molar refractivity (Wildman–Crippen MR) is 85.6 cm³/mol. The highest BCUT2D eigenvalue weighted by Gasteiger charge is 2.12. The molecule has 2 aromatic heterocycles. The summed E-state index contributed by atoms with van der Waals surface area (Å²) in [5.74, 6) is 0.678. The van der Waals surface area contributed by atoms with Crippen molar-refractivity contribution in [2.24, 2.45) is 4.99 Å². The molecule has 2 aromatic rings. The first kappa shape index (κ1) is 14.2. The molecule has 0 unspecified atom stereocenters. The Balaban J connectivity index is 2.18. The molecule has 1 aliphatic heterocycles. The molecule has 0 aliphatic carbocycles. The summed E-state index contributed by atoms with van der Waals surface area (Å²) in [6.07, 6.45) is 2.32. The van der Waals surface area contributed by atoms with Gasteiger partial charge in [-0.3, -0.25) is 9.36 Å². The number of hydrogen-bond donors (Lipinski definition) is 0. The van der Waals surface area contributed by atoms with Gasteiger partial charge in [0.25, 0.3) is 0 Å². The quantitative estimate of drug-likeness (QED) is 0.595. The maximum absolute atomic E-state index is 7.14. The molecule has 3 heterocycles. The number of hydrogen-bond acceptors (Lipinski definition) is 4. The van der Waals surface area contributed by atoms with Crippen molar-refractivity contribution in [2.45, 2.75) is 39.8 Å². The molecule has 3 rings (SSSR count). The molecule has 21 heavy (non-hydrogen) atoms. The Kier molecular flexibility index (Phi) is 3.74. The molecule has 7 heteroatoms. The number of aryl methyl sites for hydroxylation is 2. The van der Waals surface area contributed by atoms with Gasteiger partial charge in [-0.25, -0.2) is 9.83 Å². The van der Waals surface area contributed by atoms with Gasteiger partial charge < -0.3 is 0 Å². The lowest BCUT2D eigenvalue weighted by atomic mass is 10.2. The monoisotopic (exact) mass is 317 g/mol. The van der Waals surface area contributed by atoms with Gasteiger partial charge in [0, 0.05) is 18.8 Å². The zero-order valence-electron chi connectivity index (χ0n) is 12.0. The zero-order chi connectivity index (χ0) is 15.0. The summed E-state index contributed by atoms with van der Waals surface area (Å²) >= 11 is 6.94. The van der Waals surface area contributed by atoms with Crippen molar-refractivity contribution in [3.8, 4) is 0 Å². The van der Waals surface area contributed by atoms with Crippen LogP contribution in [0.2, 0.25) is 0 Å². The van der Waals surface area contributed by atoms with Crippen LogP contribution in [-0.2, 0) is 13.1 Å². The third kappa shape index (κ3) is 2.57. The number of nitrogens with zero attached hydrogens (tertiary/aromatic N) is 5. The number of fused-ring (bicyclic) bond motifs is 1. The van der Waals surface area contributed by atoms with Gasteiger partial charge in [0.15, 0.2) is 9.77 Å². The first-order valence-electron chi connectivity index (χ1n) is 6.81. The van der Waals surface area contributed by atoms with Crippen LogP contribution in [0, 0.1) is 24.4 Å². The maximum Gasteiger partial charge on any atom is 0.209 e. The Morgan fingerprint density at radius 1 is 1.33 bits per heavy atom. The van der Waals surface area contributed by atoms with Crippen LogP contribution in [0.4, 0.5) is 11.5 Å². The van der Waals surface area contributed by atoms with E-state index in [1.54, 1.807) is 0 Å². The standard InChI is InChI=1S/C14H15N5S2/c1-9-8-11(15-3)10(2)16-12(9)17-13-18-6-4-5-7-19(18)14(20)21-13/h8H,4-7H2,1-2H3. The van der Waals surface area contributed by atoms with Crippen molar-refractivity contribution in [1.29, 1.82) is 0 Å². The fourth-order valence-corrected chi connectivity index (χ4v) is 3.70. The van der Waals surface area contributed by atoms with Crippen molar-refractivity contribution < 1.29 is 0 Å². The first-order valence-corrected chi connectivity index (χ1v) is 8.04. The van der Waals surface area contributed by atoms with E-state index >= 15 is 0 Å². The summed E-state index contributed by atoms with van der Waals surface area (Å²) < 4.78 is 5.13. The number of rotatable bonds is 1. The Labute approximate surface area is 132 Å². The van der Waals surface area contributed by atoms with Crippen LogP contribution in [0.1, 0.15) is 24.1 Å². The van der Waals surface area contributed by atoms with Crippen molar-refractivity contribution in [3.05, 3.63) is 37.5 Å². The van der Waals surface area contributed by atoms with Gasteiger partial charge in [-0.15, -0.1) is 0 Å². The minimum absolute atomic E-state index is 0.589. The SMILES string of the molecule is [C-]#[N+]c1cc(C)c(N=c2sc(=S)n3n2CCCC3)nc1C.